The first-order valence-corrected chi connectivity index (χ1v) is 6.18. The van der Waals surface area contributed by atoms with Gasteiger partial charge in [0.25, 0.3) is 0 Å². The SMILES string of the molecule is NNC(c1cc(F)cc(F)c1)c1c(F)cccc1Br. The highest BCUT2D eigenvalue weighted by Gasteiger charge is 2.20. The largest absolute Gasteiger partial charge is 0.271 e. The molecule has 100 valence electrons. The summed E-state index contributed by atoms with van der Waals surface area (Å²) >= 11 is 3.20. The van der Waals surface area contributed by atoms with Crippen LogP contribution in [-0.2, 0) is 0 Å². The number of nitrogens with two attached hydrogens (primary N) is 1. The molecule has 6 heteroatoms. The Bertz CT molecular complexity index is 564. The first-order valence-electron chi connectivity index (χ1n) is 5.39. The number of hydrogen-bond donors (Lipinski definition) is 2. The summed E-state index contributed by atoms with van der Waals surface area (Å²) in [4.78, 5) is 0. The van der Waals surface area contributed by atoms with Crippen LogP contribution < -0.4 is 11.3 Å². The molecule has 2 aromatic carbocycles. The van der Waals surface area contributed by atoms with Gasteiger partial charge in [-0.05, 0) is 29.8 Å². The predicted molar refractivity (Wildman–Crippen MR) is 69.6 cm³/mol. The van der Waals surface area contributed by atoms with Gasteiger partial charge in [0, 0.05) is 16.1 Å². The van der Waals surface area contributed by atoms with Crippen molar-refractivity contribution in [3.05, 3.63) is 69.4 Å². The summed E-state index contributed by atoms with van der Waals surface area (Å²) < 4.78 is 40.8. The van der Waals surface area contributed by atoms with Gasteiger partial charge in [-0.25, -0.2) is 18.6 Å². The fourth-order valence-electron chi connectivity index (χ4n) is 1.87. The molecule has 1 atom stereocenters. The van der Waals surface area contributed by atoms with Gasteiger partial charge in [-0.2, -0.15) is 0 Å². The monoisotopic (exact) mass is 330 g/mol. The maximum atomic E-state index is 13.9. The van der Waals surface area contributed by atoms with Gasteiger partial charge in [-0.15, -0.1) is 0 Å². The van der Waals surface area contributed by atoms with Crippen LogP contribution in [0.25, 0.3) is 0 Å². The highest BCUT2D eigenvalue weighted by molar-refractivity contribution is 9.10. The topological polar surface area (TPSA) is 38.0 Å². The van der Waals surface area contributed by atoms with E-state index in [1.807, 2.05) is 0 Å². The van der Waals surface area contributed by atoms with Gasteiger partial charge >= 0.3 is 0 Å². The van der Waals surface area contributed by atoms with Crippen molar-refractivity contribution < 1.29 is 13.2 Å². The minimum Gasteiger partial charge on any atom is -0.271 e. The van der Waals surface area contributed by atoms with Crippen LogP contribution >= 0.6 is 15.9 Å². The third kappa shape index (κ3) is 2.97. The third-order valence-electron chi connectivity index (χ3n) is 2.67. The van der Waals surface area contributed by atoms with E-state index in [4.69, 9.17) is 5.84 Å². The number of benzene rings is 2. The lowest BCUT2D eigenvalue weighted by Crippen LogP contribution is -2.30. The van der Waals surface area contributed by atoms with Crippen molar-refractivity contribution in [3.63, 3.8) is 0 Å². The first kappa shape index (κ1) is 14.0. The Kier molecular flexibility index (Phi) is 4.24. The Labute approximate surface area is 116 Å². The van der Waals surface area contributed by atoms with E-state index >= 15 is 0 Å². The van der Waals surface area contributed by atoms with Gasteiger partial charge < -0.3 is 0 Å². The van der Waals surface area contributed by atoms with E-state index in [-0.39, 0.29) is 11.1 Å². The van der Waals surface area contributed by atoms with E-state index in [0.29, 0.717) is 4.47 Å². The molecule has 0 aromatic heterocycles. The Hall–Kier alpha value is -1.37. The molecule has 0 saturated heterocycles. The van der Waals surface area contributed by atoms with Crippen molar-refractivity contribution in [1.82, 2.24) is 5.43 Å². The number of nitrogens with one attached hydrogen (secondary N) is 1. The van der Waals surface area contributed by atoms with Gasteiger partial charge in [-0.1, -0.05) is 22.0 Å². The van der Waals surface area contributed by atoms with Gasteiger partial charge in [0.2, 0.25) is 0 Å². The van der Waals surface area contributed by atoms with Crippen LogP contribution in [0.1, 0.15) is 17.2 Å². The highest BCUT2D eigenvalue weighted by Crippen LogP contribution is 2.31. The summed E-state index contributed by atoms with van der Waals surface area (Å²) in [7, 11) is 0. The molecule has 1 unspecified atom stereocenters. The maximum absolute atomic E-state index is 13.9. The van der Waals surface area contributed by atoms with E-state index in [1.165, 1.54) is 12.1 Å². The van der Waals surface area contributed by atoms with E-state index in [9.17, 15) is 13.2 Å². The maximum Gasteiger partial charge on any atom is 0.129 e. The van der Waals surface area contributed by atoms with E-state index in [2.05, 4.69) is 21.4 Å². The van der Waals surface area contributed by atoms with Crippen molar-refractivity contribution in [1.29, 1.82) is 0 Å². The average molecular weight is 331 g/mol. The lowest BCUT2D eigenvalue weighted by Gasteiger charge is -2.19. The van der Waals surface area contributed by atoms with Crippen LogP contribution in [0.3, 0.4) is 0 Å². The van der Waals surface area contributed by atoms with Crippen LogP contribution in [-0.4, -0.2) is 0 Å². The molecule has 0 radical (unpaired) electrons. The Morgan fingerprint density at radius 3 is 2.21 bits per heavy atom. The van der Waals surface area contributed by atoms with Crippen LogP contribution in [0, 0.1) is 17.5 Å². The third-order valence-corrected chi connectivity index (χ3v) is 3.36. The summed E-state index contributed by atoms with van der Waals surface area (Å²) in [6, 6.07) is 6.48. The molecule has 2 rings (SSSR count). The van der Waals surface area contributed by atoms with Crippen molar-refractivity contribution >= 4 is 15.9 Å². The quantitative estimate of drug-likeness (QED) is 0.668. The first-order chi connectivity index (χ1) is 9.02. The Morgan fingerprint density at radius 1 is 1.05 bits per heavy atom. The zero-order valence-electron chi connectivity index (χ0n) is 9.63. The minimum atomic E-state index is -0.860. The summed E-state index contributed by atoms with van der Waals surface area (Å²) in [6.45, 7) is 0. The molecule has 2 aromatic rings. The van der Waals surface area contributed by atoms with Crippen molar-refractivity contribution in [2.24, 2.45) is 5.84 Å². The van der Waals surface area contributed by atoms with Crippen LogP contribution in [0.15, 0.2) is 40.9 Å². The van der Waals surface area contributed by atoms with E-state index in [1.54, 1.807) is 6.07 Å². The van der Waals surface area contributed by atoms with Crippen LogP contribution in [0.2, 0.25) is 0 Å². The summed E-state index contributed by atoms with van der Waals surface area (Å²) in [5.41, 5.74) is 2.76. The lowest BCUT2D eigenvalue weighted by molar-refractivity contribution is 0.542. The lowest BCUT2D eigenvalue weighted by atomic mass is 9.98. The van der Waals surface area contributed by atoms with Gasteiger partial charge in [-0.3, -0.25) is 5.84 Å². The molecule has 0 aliphatic carbocycles. The second-order valence-electron chi connectivity index (χ2n) is 3.94. The van der Waals surface area contributed by atoms with Crippen LogP contribution in [0.4, 0.5) is 13.2 Å². The van der Waals surface area contributed by atoms with Crippen molar-refractivity contribution in [3.8, 4) is 0 Å². The second kappa shape index (κ2) is 5.73. The summed E-state index contributed by atoms with van der Waals surface area (Å²) in [5, 5.41) is 0. The van der Waals surface area contributed by atoms with Crippen molar-refractivity contribution in [2.45, 2.75) is 6.04 Å². The molecule has 2 nitrogen and oxygen atoms in total. The molecule has 0 aliphatic heterocycles. The molecule has 0 amide bonds. The van der Waals surface area contributed by atoms with Crippen molar-refractivity contribution in [2.75, 3.05) is 0 Å². The fourth-order valence-corrected chi connectivity index (χ4v) is 2.45. The number of halogens is 4. The molecule has 0 heterocycles. The molecule has 3 N–H and O–H groups in total. The van der Waals surface area contributed by atoms with Crippen LogP contribution in [0.5, 0.6) is 0 Å². The van der Waals surface area contributed by atoms with Gasteiger partial charge in [0.1, 0.15) is 17.5 Å². The number of rotatable bonds is 3. The molecule has 0 bridgehead atoms. The van der Waals surface area contributed by atoms with Gasteiger partial charge in [0.15, 0.2) is 0 Å². The normalized spacial score (nSPS) is 12.5. The van der Waals surface area contributed by atoms with Gasteiger partial charge in [0.05, 0.1) is 6.04 Å². The highest BCUT2D eigenvalue weighted by atomic mass is 79.9. The molecule has 0 spiro atoms. The standard InChI is InChI=1S/C13H10BrF3N2/c14-10-2-1-3-11(17)12(10)13(19-18)7-4-8(15)6-9(16)5-7/h1-6,13,19H,18H2. The smallest absolute Gasteiger partial charge is 0.129 e. The number of hydrazine groups is 1. The average Bonchev–Trinajstić information content (AvgIpc) is 2.32. The summed E-state index contributed by atoms with van der Waals surface area (Å²) in [5.74, 6) is 3.37. The Balaban J connectivity index is 2.56. The second-order valence-corrected chi connectivity index (χ2v) is 4.79. The fraction of sp³-hybridized carbons (Fsp3) is 0.0769. The van der Waals surface area contributed by atoms with E-state index in [0.717, 1.165) is 18.2 Å². The van der Waals surface area contributed by atoms with E-state index < -0.39 is 23.5 Å². The zero-order chi connectivity index (χ0) is 14.0. The molecule has 0 saturated carbocycles. The predicted octanol–water partition coefficient (Wildman–Crippen LogP) is 3.42. The molecule has 0 fully saturated rings. The molecular weight excluding hydrogens is 321 g/mol. The number of hydrogen-bond acceptors (Lipinski definition) is 2. The molecule has 19 heavy (non-hydrogen) atoms. The molecule has 0 aliphatic rings. The minimum absolute atomic E-state index is 0.190. The zero-order valence-corrected chi connectivity index (χ0v) is 11.2. The summed E-state index contributed by atoms with van der Waals surface area (Å²) in [6.07, 6.45) is 0. The molecular formula is C13H10BrF3N2. The Morgan fingerprint density at radius 2 is 1.68 bits per heavy atom.